The molecule has 2 aromatic rings. The molecule has 7 nitrogen and oxygen atoms in total. The van der Waals surface area contributed by atoms with Gasteiger partial charge < -0.3 is 20.1 Å². The van der Waals surface area contributed by atoms with Crippen molar-refractivity contribution in [2.75, 3.05) is 37.0 Å². The second-order valence-corrected chi connectivity index (χ2v) is 8.33. The zero-order valence-corrected chi connectivity index (χ0v) is 16.7. The second kappa shape index (κ2) is 7.46. The normalized spacial score (nSPS) is 23.3. The van der Waals surface area contributed by atoms with E-state index in [9.17, 15) is 0 Å². The predicted molar refractivity (Wildman–Crippen MR) is 108 cm³/mol. The van der Waals surface area contributed by atoms with Gasteiger partial charge in [0.2, 0.25) is 5.95 Å². The average Bonchev–Trinajstić information content (AvgIpc) is 3.04. The summed E-state index contributed by atoms with van der Waals surface area (Å²) in [6.45, 7) is 5.24. The highest BCUT2D eigenvalue weighted by molar-refractivity contribution is 5.47. The summed E-state index contributed by atoms with van der Waals surface area (Å²) in [5.41, 5.74) is 7.15. The third-order valence-corrected chi connectivity index (χ3v) is 6.03. The minimum atomic E-state index is 0.332. The van der Waals surface area contributed by atoms with Crippen LogP contribution in [-0.4, -0.2) is 52.7 Å². The maximum Gasteiger partial charge on any atom is 0.227 e. The number of nitrogens with two attached hydrogens (primary N) is 1. The molecule has 1 aliphatic carbocycles. The Morgan fingerprint density at radius 2 is 1.93 bits per heavy atom. The molecule has 1 saturated carbocycles. The van der Waals surface area contributed by atoms with Crippen molar-refractivity contribution in [3.63, 3.8) is 0 Å². The summed E-state index contributed by atoms with van der Waals surface area (Å²) >= 11 is 0. The average molecular weight is 370 g/mol. The van der Waals surface area contributed by atoms with Crippen molar-refractivity contribution >= 4 is 11.8 Å². The summed E-state index contributed by atoms with van der Waals surface area (Å²) in [7, 11) is 4.02. The van der Waals surface area contributed by atoms with Crippen LogP contribution in [0.2, 0.25) is 0 Å². The smallest absolute Gasteiger partial charge is 0.227 e. The van der Waals surface area contributed by atoms with Crippen LogP contribution in [0.4, 0.5) is 11.8 Å². The molecular formula is C20H31N7. The summed E-state index contributed by atoms with van der Waals surface area (Å²) in [5, 5.41) is 0. The van der Waals surface area contributed by atoms with E-state index < -0.39 is 0 Å². The van der Waals surface area contributed by atoms with Gasteiger partial charge in [-0.15, -0.1) is 0 Å². The number of anilines is 2. The lowest BCUT2D eigenvalue weighted by atomic mass is 9.78. The molecule has 1 saturated heterocycles. The molecule has 27 heavy (non-hydrogen) atoms. The molecule has 0 spiro atoms. The second-order valence-electron chi connectivity index (χ2n) is 8.33. The number of aryl methyl sites for hydroxylation is 1. The van der Waals surface area contributed by atoms with Gasteiger partial charge in [0.1, 0.15) is 11.6 Å². The Bertz CT molecular complexity index is 770. The molecule has 3 heterocycles. The molecule has 0 unspecified atom stereocenters. The summed E-state index contributed by atoms with van der Waals surface area (Å²) in [5.74, 6) is 4.17. The fourth-order valence-electron chi connectivity index (χ4n) is 4.13. The van der Waals surface area contributed by atoms with Crippen molar-refractivity contribution in [1.82, 2.24) is 19.5 Å². The van der Waals surface area contributed by atoms with Crippen molar-refractivity contribution in [3.8, 4) is 0 Å². The van der Waals surface area contributed by atoms with E-state index in [-0.39, 0.29) is 0 Å². The molecule has 7 heteroatoms. The highest BCUT2D eigenvalue weighted by atomic mass is 15.3. The molecule has 2 fully saturated rings. The molecule has 0 aromatic carbocycles. The van der Waals surface area contributed by atoms with Crippen molar-refractivity contribution in [1.29, 1.82) is 0 Å². The Hall–Kier alpha value is -2.15. The van der Waals surface area contributed by atoms with Crippen LogP contribution in [0.5, 0.6) is 0 Å². The van der Waals surface area contributed by atoms with Crippen LogP contribution in [0.15, 0.2) is 18.5 Å². The van der Waals surface area contributed by atoms with E-state index in [1.54, 1.807) is 0 Å². The Kier molecular flexibility index (Phi) is 5.04. The van der Waals surface area contributed by atoms with Gasteiger partial charge in [-0.05, 0) is 38.5 Å². The first-order chi connectivity index (χ1) is 13.0. The lowest BCUT2D eigenvalue weighted by Gasteiger charge is -2.35. The summed E-state index contributed by atoms with van der Waals surface area (Å²) in [4.78, 5) is 18.4. The van der Waals surface area contributed by atoms with Gasteiger partial charge in [0, 0.05) is 64.1 Å². The van der Waals surface area contributed by atoms with E-state index in [0.29, 0.717) is 17.9 Å². The van der Waals surface area contributed by atoms with Crippen LogP contribution in [0.25, 0.3) is 0 Å². The molecule has 2 N–H and O–H groups in total. The minimum absolute atomic E-state index is 0.332. The van der Waals surface area contributed by atoms with Gasteiger partial charge in [-0.1, -0.05) is 0 Å². The number of nitrogens with zero attached hydrogens (tertiary/aromatic N) is 6. The van der Waals surface area contributed by atoms with Crippen LogP contribution < -0.4 is 15.5 Å². The van der Waals surface area contributed by atoms with Crippen molar-refractivity contribution < 1.29 is 0 Å². The number of piperidine rings is 1. The van der Waals surface area contributed by atoms with E-state index in [1.807, 2.05) is 25.2 Å². The van der Waals surface area contributed by atoms with Crippen LogP contribution in [0.1, 0.15) is 43.1 Å². The molecule has 1 aliphatic heterocycles. The molecule has 2 aliphatic rings. The SMILES string of the molecule is Cc1nccn1CC1CCN(c2cc(C3CC(N)C3)nc(N(C)C)n2)CC1. The van der Waals surface area contributed by atoms with Crippen molar-refractivity contribution in [3.05, 3.63) is 30.0 Å². The molecule has 146 valence electrons. The quantitative estimate of drug-likeness (QED) is 0.870. The third-order valence-electron chi connectivity index (χ3n) is 6.03. The van der Waals surface area contributed by atoms with Gasteiger partial charge in [-0.2, -0.15) is 4.98 Å². The zero-order chi connectivity index (χ0) is 19.0. The van der Waals surface area contributed by atoms with Gasteiger partial charge in [0.25, 0.3) is 0 Å². The summed E-state index contributed by atoms with van der Waals surface area (Å²) < 4.78 is 2.27. The molecule has 2 aromatic heterocycles. The number of aromatic nitrogens is 4. The van der Waals surface area contributed by atoms with E-state index in [2.05, 4.69) is 33.6 Å². The number of rotatable bonds is 5. The highest BCUT2D eigenvalue weighted by Crippen LogP contribution is 2.36. The van der Waals surface area contributed by atoms with Gasteiger partial charge in [-0.25, -0.2) is 9.97 Å². The first-order valence-electron chi connectivity index (χ1n) is 10.0. The fraction of sp³-hybridized carbons (Fsp3) is 0.650. The first kappa shape index (κ1) is 18.2. The van der Waals surface area contributed by atoms with Gasteiger partial charge in [0.15, 0.2) is 0 Å². The van der Waals surface area contributed by atoms with Crippen LogP contribution in [0, 0.1) is 12.8 Å². The van der Waals surface area contributed by atoms with E-state index >= 15 is 0 Å². The number of hydrogen-bond acceptors (Lipinski definition) is 6. The first-order valence-corrected chi connectivity index (χ1v) is 10.0. The summed E-state index contributed by atoms with van der Waals surface area (Å²) in [6, 6.07) is 2.53. The van der Waals surface area contributed by atoms with Gasteiger partial charge in [-0.3, -0.25) is 0 Å². The lowest BCUT2D eigenvalue weighted by molar-refractivity contribution is 0.343. The predicted octanol–water partition coefficient (Wildman–Crippen LogP) is 2.17. The Morgan fingerprint density at radius 1 is 1.19 bits per heavy atom. The monoisotopic (exact) mass is 369 g/mol. The largest absolute Gasteiger partial charge is 0.356 e. The van der Waals surface area contributed by atoms with Gasteiger partial charge in [0.05, 0.1) is 5.69 Å². The molecule has 0 bridgehead atoms. The highest BCUT2D eigenvalue weighted by Gasteiger charge is 2.30. The standard InChI is InChI=1S/C20H31N7/c1-14-22-6-9-27(14)13-15-4-7-26(8-5-15)19-12-18(16-10-17(21)11-16)23-20(24-19)25(2)3/h6,9,12,15-17H,4-5,7-8,10-11,13,21H2,1-3H3. The zero-order valence-electron chi connectivity index (χ0n) is 16.7. The Balaban J connectivity index is 1.44. The number of hydrogen-bond donors (Lipinski definition) is 1. The van der Waals surface area contributed by atoms with Gasteiger partial charge >= 0.3 is 0 Å². The lowest BCUT2D eigenvalue weighted by Crippen LogP contribution is -2.37. The third kappa shape index (κ3) is 3.93. The molecule has 0 atom stereocenters. The minimum Gasteiger partial charge on any atom is -0.356 e. The maximum atomic E-state index is 6.00. The van der Waals surface area contributed by atoms with E-state index in [0.717, 1.165) is 55.8 Å². The Morgan fingerprint density at radius 3 is 2.52 bits per heavy atom. The molecule has 0 amide bonds. The number of imidazole rings is 1. The van der Waals surface area contributed by atoms with Crippen molar-refractivity contribution in [2.24, 2.45) is 11.7 Å². The molecule has 4 rings (SSSR count). The van der Waals surface area contributed by atoms with Crippen molar-refractivity contribution in [2.45, 2.75) is 51.1 Å². The molecular weight excluding hydrogens is 338 g/mol. The van der Waals surface area contributed by atoms with E-state index in [4.69, 9.17) is 15.7 Å². The molecule has 0 radical (unpaired) electrons. The topological polar surface area (TPSA) is 76.1 Å². The van der Waals surface area contributed by atoms with Crippen LogP contribution in [-0.2, 0) is 6.54 Å². The Labute approximate surface area is 161 Å². The fourth-order valence-corrected chi connectivity index (χ4v) is 4.13. The maximum absolute atomic E-state index is 6.00. The van der Waals surface area contributed by atoms with Crippen LogP contribution in [0.3, 0.4) is 0 Å². The van der Waals surface area contributed by atoms with E-state index in [1.165, 1.54) is 12.8 Å². The summed E-state index contributed by atoms with van der Waals surface area (Å²) in [6.07, 6.45) is 8.42. The van der Waals surface area contributed by atoms with Crippen LogP contribution >= 0.6 is 0 Å².